The second-order valence-corrected chi connectivity index (χ2v) is 5.09. The highest BCUT2D eigenvalue weighted by atomic mass is 16.3. The van der Waals surface area contributed by atoms with E-state index >= 15 is 0 Å². The van der Waals surface area contributed by atoms with Crippen LogP contribution in [0.2, 0.25) is 0 Å². The molecule has 15 heavy (non-hydrogen) atoms. The lowest BCUT2D eigenvalue weighted by molar-refractivity contribution is 0.379. The van der Waals surface area contributed by atoms with Gasteiger partial charge in [0, 0.05) is 0 Å². The summed E-state index contributed by atoms with van der Waals surface area (Å²) >= 11 is 0. The summed E-state index contributed by atoms with van der Waals surface area (Å²) in [5, 5.41) is 9.84. The number of benzene rings is 1. The van der Waals surface area contributed by atoms with Gasteiger partial charge in [-0.25, -0.2) is 0 Å². The summed E-state index contributed by atoms with van der Waals surface area (Å²) < 4.78 is 0. The third-order valence-electron chi connectivity index (χ3n) is 4.31. The third kappa shape index (κ3) is 1.28. The molecule has 3 N–H and O–H groups in total. The number of phenolic OH excluding ortho intramolecular Hbond substituents is 1. The fraction of sp³-hybridized carbons (Fsp3) is 0.538. The Morgan fingerprint density at radius 3 is 3.07 bits per heavy atom. The van der Waals surface area contributed by atoms with E-state index in [1.54, 1.807) is 6.07 Å². The normalized spacial score (nSPS) is 32.7. The Balaban J connectivity index is 1.93. The molecule has 0 aromatic heterocycles. The Morgan fingerprint density at radius 1 is 1.47 bits per heavy atom. The van der Waals surface area contributed by atoms with Crippen molar-refractivity contribution in [2.24, 2.45) is 17.1 Å². The molecule has 0 saturated heterocycles. The van der Waals surface area contributed by atoms with Gasteiger partial charge in [0.1, 0.15) is 5.75 Å². The number of nitrogens with two attached hydrogens (primary N) is 1. The molecule has 2 aliphatic rings. The highest BCUT2D eigenvalue weighted by molar-refractivity contribution is 5.43. The van der Waals surface area contributed by atoms with Crippen molar-refractivity contribution >= 4 is 0 Å². The van der Waals surface area contributed by atoms with Crippen LogP contribution in [-0.4, -0.2) is 11.7 Å². The van der Waals surface area contributed by atoms with Crippen molar-refractivity contribution < 1.29 is 5.11 Å². The SMILES string of the molecule is NCC1CC12CCc1cccc(O)c1C2. The van der Waals surface area contributed by atoms with E-state index < -0.39 is 0 Å². The van der Waals surface area contributed by atoms with Gasteiger partial charge in [-0.2, -0.15) is 0 Å². The highest BCUT2D eigenvalue weighted by Crippen LogP contribution is 2.60. The first-order chi connectivity index (χ1) is 7.25. The molecule has 1 aromatic rings. The van der Waals surface area contributed by atoms with E-state index in [4.69, 9.17) is 5.73 Å². The molecule has 2 aliphatic carbocycles. The van der Waals surface area contributed by atoms with E-state index in [1.807, 2.05) is 6.07 Å². The van der Waals surface area contributed by atoms with Crippen molar-refractivity contribution in [2.75, 3.05) is 6.54 Å². The van der Waals surface area contributed by atoms with Crippen molar-refractivity contribution in [3.05, 3.63) is 29.3 Å². The molecule has 0 amide bonds. The lowest BCUT2D eigenvalue weighted by Gasteiger charge is -2.26. The predicted octanol–water partition coefficient (Wildman–Crippen LogP) is 1.85. The number of phenols is 1. The van der Waals surface area contributed by atoms with E-state index in [0.29, 0.717) is 17.1 Å². The summed E-state index contributed by atoms with van der Waals surface area (Å²) in [4.78, 5) is 0. The van der Waals surface area contributed by atoms with Crippen molar-refractivity contribution in [2.45, 2.75) is 25.7 Å². The second kappa shape index (κ2) is 2.99. The van der Waals surface area contributed by atoms with Gasteiger partial charge in [-0.15, -0.1) is 0 Å². The van der Waals surface area contributed by atoms with Crippen LogP contribution < -0.4 is 5.73 Å². The average Bonchev–Trinajstić information content (AvgIpc) is 2.93. The third-order valence-corrected chi connectivity index (χ3v) is 4.31. The predicted molar refractivity (Wildman–Crippen MR) is 59.7 cm³/mol. The van der Waals surface area contributed by atoms with Gasteiger partial charge in [0.15, 0.2) is 0 Å². The molecule has 1 fully saturated rings. The van der Waals surface area contributed by atoms with Crippen LogP contribution in [0.4, 0.5) is 0 Å². The molecule has 1 spiro atoms. The zero-order chi connectivity index (χ0) is 10.5. The van der Waals surface area contributed by atoms with Crippen LogP contribution in [-0.2, 0) is 12.8 Å². The van der Waals surface area contributed by atoms with E-state index in [1.165, 1.54) is 24.0 Å². The smallest absolute Gasteiger partial charge is 0.119 e. The topological polar surface area (TPSA) is 46.2 Å². The molecule has 2 heteroatoms. The molecular formula is C13H17NO. The zero-order valence-corrected chi connectivity index (χ0v) is 8.87. The van der Waals surface area contributed by atoms with Gasteiger partial charge in [0.25, 0.3) is 0 Å². The Morgan fingerprint density at radius 2 is 2.33 bits per heavy atom. The fourth-order valence-electron chi connectivity index (χ4n) is 3.17. The van der Waals surface area contributed by atoms with Crippen LogP contribution >= 0.6 is 0 Å². The maximum atomic E-state index is 9.84. The molecular weight excluding hydrogens is 186 g/mol. The monoisotopic (exact) mass is 203 g/mol. The Bertz CT molecular complexity index is 402. The van der Waals surface area contributed by atoms with Gasteiger partial charge in [-0.1, -0.05) is 12.1 Å². The van der Waals surface area contributed by atoms with E-state index in [-0.39, 0.29) is 0 Å². The number of hydrogen-bond donors (Lipinski definition) is 2. The second-order valence-electron chi connectivity index (χ2n) is 5.09. The van der Waals surface area contributed by atoms with Gasteiger partial charge >= 0.3 is 0 Å². The molecule has 2 atom stereocenters. The van der Waals surface area contributed by atoms with Crippen LogP contribution in [0.3, 0.4) is 0 Å². The lowest BCUT2D eigenvalue weighted by atomic mass is 9.79. The number of hydrogen-bond acceptors (Lipinski definition) is 2. The largest absolute Gasteiger partial charge is 0.508 e. The Kier molecular flexibility index (Phi) is 1.84. The summed E-state index contributed by atoms with van der Waals surface area (Å²) in [6.07, 6.45) is 4.67. The summed E-state index contributed by atoms with van der Waals surface area (Å²) in [6.45, 7) is 0.808. The standard InChI is InChI=1S/C13H17NO/c14-8-10-6-13(10)5-4-9-2-1-3-12(15)11(9)7-13/h1-3,10,15H,4-8,14H2. The van der Waals surface area contributed by atoms with Gasteiger partial charge in [0.2, 0.25) is 0 Å². The molecule has 2 nitrogen and oxygen atoms in total. The minimum Gasteiger partial charge on any atom is -0.508 e. The highest BCUT2D eigenvalue weighted by Gasteiger charge is 2.54. The van der Waals surface area contributed by atoms with Crippen LogP contribution in [0.25, 0.3) is 0 Å². The van der Waals surface area contributed by atoms with E-state index in [9.17, 15) is 5.11 Å². The molecule has 3 rings (SSSR count). The maximum Gasteiger partial charge on any atom is 0.119 e. The first-order valence-corrected chi connectivity index (χ1v) is 5.75. The summed E-state index contributed by atoms with van der Waals surface area (Å²) in [5.74, 6) is 1.18. The van der Waals surface area contributed by atoms with E-state index in [0.717, 1.165) is 19.4 Å². The number of fused-ring (bicyclic) bond motifs is 1. The van der Waals surface area contributed by atoms with E-state index in [2.05, 4.69) is 6.07 Å². The molecule has 2 unspecified atom stereocenters. The molecule has 1 aromatic carbocycles. The first-order valence-electron chi connectivity index (χ1n) is 5.75. The number of aryl methyl sites for hydroxylation is 1. The van der Waals surface area contributed by atoms with Crippen molar-refractivity contribution in [3.8, 4) is 5.75 Å². The fourth-order valence-corrected chi connectivity index (χ4v) is 3.17. The Hall–Kier alpha value is -1.02. The van der Waals surface area contributed by atoms with Crippen LogP contribution in [0.1, 0.15) is 24.0 Å². The lowest BCUT2D eigenvalue weighted by Crippen LogP contribution is -2.20. The minimum absolute atomic E-state index is 0.445. The molecule has 0 radical (unpaired) electrons. The zero-order valence-electron chi connectivity index (χ0n) is 8.87. The van der Waals surface area contributed by atoms with Gasteiger partial charge in [0.05, 0.1) is 0 Å². The van der Waals surface area contributed by atoms with Gasteiger partial charge in [-0.3, -0.25) is 0 Å². The number of rotatable bonds is 1. The Labute approximate surface area is 90.1 Å². The average molecular weight is 203 g/mol. The first kappa shape index (κ1) is 9.22. The van der Waals surface area contributed by atoms with Crippen molar-refractivity contribution in [1.82, 2.24) is 0 Å². The molecule has 0 aliphatic heterocycles. The molecule has 0 heterocycles. The van der Waals surface area contributed by atoms with Gasteiger partial charge in [-0.05, 0) is 60.8 Å². The van der Waals surface area contributed by atoms with Gasteiger partial charge < -0.3 is 10.8 Å². The summed E-state index contributed by atoms with van der Waals surface area (Å²) in [6, 6.07) is 5.89. The molecule has 0 bridgehead atoms. The molecule has 1 saturated carbocycles. The van der Waals surface area contributed by atoms with Crippen LogP contribution in [0.15, 0.2) is 18.2 Å². The number of aromatic hydroxyl groups is 1. The minimum atomic E-state index is 0.445. The van der Waals surface area contributed by atoms with Crippen molar-refractivity contribution in [3.63, 3.8) is 0 Å². The summed E-state index contributed by atoms with van der Waals surface area (Å²) in [7, 11) is 0. The summed E-state index contributed by atoms with van der Waals surface area (Å²) in [5.41, 5.74) is 8.70. The van der Waals surface area contributed by atoms with Crippen LogP contribution in [0.5, 0.6) is 5.75 Å². The van der Waals surface area contributed by atoms with Crippen LogP contribution in [0, 0.1) is 11.3 Å². The molecule has 80 valence electrons. The quantitative estimate of drug-likeness (QED) is 0.731. The maximum absolute atomic E-state index is 9.84. The van der Waals surface area contributed by atoms with Crippen molar-refractivity contribution in [1.29, 1.82) is 0 Å².